The molecule has 60 valence electrons. The van der Waals surface area contributed by atoms with E-state index in [-0.39, 0.29) is 12.2 Å². The van der Waals surface area contributed by atoms with Crippen molar-refractivity contribution in [2.45, 2.75) is 18.6 Å². The molecule has 0 aromatic heterocycles. The highest BCUT2D eigenvalue weighted by molar-refractivity contribution is 5.15. The van der Waals surface area contributed by atoms with Crippen molar-refractivity contribution in [2.75, 3.05) is 0 Å². The van der Waals surface area contributed by atoms with Crippen LogP contribution in [0.15, 0.2) is 25.0 Å². The first kappa shape index (κ1) is 6.92. The largest absolute Gasteiger partial charge is 0.495 e. The average Bonchev–Trinajstić information content (AvgIpc) is 2.54. The second kappa shape index (κ2) is 2.38. The van der Waals surface area contributed by atoms with Gasteiger partial charge in [-0.15, -0.1) is 0 Å². The first-order valence-corrected chi connectivity index (χ1v) is 3.95. The molecule has 1 fully saturated rings. The number of aliphatic hydroxyl groups is 1. The lowest BCUT2D eigenvalue weighted by Gasteiger charge is -2.22. The van der Waals surface area contributed by atoms with Crippen LogP contribution in [-0.2, 0) is 4.74 Å². The number of hydrogen-bond donors (Lipinski definition) is 1. The van der Waals surface area contributed by atoms with Crippen molar-refractivity contribution in [3.8, 4) is 0 Å². The Morgan fingerprint density at radius 3 is 2.73 bits per heavy atom. The van der Waals surface area contributed by atoms with Crippen LogP contribution in [0, 0.1) is 11.8 Å². The minimum Gasteiger partial charge on any atom is -0.495 e. The van der Waals surface area contributed by atoms with Crippen LogP contribution in [0.4, 0.5) is 0 Å². The van der Waals surface area contributed by atoms with E-state index in [4.69, 9.17) is 4.74 Å². The van der Waals surface area contributed by atoms with E-state index in [1.165, 1.54) is 6.26 Å². The van der Waals surface area contributed by atoms with Crippen LogP contribution in [0.3, 0.4) is 0 Å². The second-order valence-electron chi connectivity index (χ2n) is 3.21. The molecule has 1 N–H and O–H groups in total. The van der Waals surface area contributed by atoms with E-state index in [1.54, 1.807) is 0 Å². The molecule has 0 saturated heterocycles. The lowest BCUT2D eigenvalue weighted by Crippen LogP contribution is -2.31. The van der Waals surface area contributed by atoms with Crippen molar-refractivity contribution in [1.29, 1.82) is 0 Å². The van der Waals surface area contributed by atoms with Gasteiger partial charge in [-0.1, -0.05) is 18.7 Å². The first-order valence-electron chi connectivity index (χ1n) is 3.95. The maximum Gasteiger partial charge on any atom is 0.130 e. The molecule has 4 atom stereocenters. The SMILES string of the molecule is C=COC1C2C=CC(C2)[C@@H]1O. The van der Waals surface area contributed by atoms with Gasteiger partial charge in [0.1, 0.15) is 6.10 Å². The number of aliphatic hydroxyl groups excluding tert-OH is 1. The summed E-state index contributed by atoms with van der Waals surface area (Å²) in [6.07, 6.45) is 6.32. The predicted octanol–water partition coefficient (Wildman–Crippen LogP) is 1.08. The molecular weight excluding hydrogens is 140 g/mol. The quantitative estimate of drug-likeness (QED) is 0.474. The number of fused-ring (bicyclic) bond motifs is 2. The van der Waals surface area contributed by atoms with Crippen LogP contribution >= 0.6 is 0 Å². The predicted molar refractivity (Wildman–Crippen MR) is 41.8 cm³/mol. The Bertz CT molecular complexity index is 198. The standard InChI is InChI=1S/C9H12O2/c1-2-11-9-7-4-3-6(5-7)8(9)10/h2-4,6-10H,1,5H2/t6?,7?,8-,9?/m0/s1. The third kappa shape index (κ3) is 0.897. The monoisotopic (exact) mass is 152 g/mol. The van der Waals surface area contributed by atoms with Gasteiger partial charge in [-0.2, -0.15) is 0 Å². The lowest BCUT2D eigenvalue weighted by atomic mass is 10.0. The second-order valence-corrected chi connectivity index (χ2v) is 3.21. The van der Waals surface area contributed by atoms with Crippen molar-refractivity contribution < 1.29 is 9.84 Å². The smallest absolute Gasteiger partial charge is 0.130 e. The lowest BCUT2D eigenvalue weighted by molar-refractivity contribution is 0.00351. The van der Waals surface area contributed by atoms with Gasteiger partial charge in [0.15, 0.2) is 0 Å². The zero-order valence-corrected chi connectivity index (χ0v) is 6.31. The number of ether oxygens (including phenoxy) is 1. The maximum atomic E-state index is 9.59. The molecule has 11 heavy (non-hydrogen) atoms. The van der Waals surface area contributed by atoms with Gasteiger partial charge in [0.2, 0.25) is 0 Å². The summed E-state index contributed by atoms with van der Waals surface area (Å²) in [4.78, 5) is 0. The number of hydrogen-bond acceptors (Lipinski definition) is 2. The van der Waals surface area contributed by atoms with Gasteiger partial charge < -0.3 is 9.84 Å². The molecule has 2 aliphatic carbocycles. The summed E-state index contributed by atoms with van der Waals surface area (Å²) in [6, 6.07) is 0. The van der Waals surface area contributed by atoms with E-state index in [0.717, 1.165) is 6.42 Å². The molecule has 0 spiro atoms. The van der Waals surface area contributed by atoms with Gasteiger partial charge >= 0.3 is 0 Å². The summed E-state index contributed by atoms with van der Waals surface area (Å²) in [6.45, 7) is 3.48. The third-order valence-corrected chi connectivity index (χ3v) is 2.60. The third-order valence-electron chi connectivity index (χ3n) is 2.60. The highest BCUT2D eigenvalue weighted by Crippen LogP contribution is 2.40. The zero-order valence-electron chi connectivity index (χ0n) is 6.31. The van der Waals surface area contributed by atoms with Gasteiger partial charge in [-0.25, -0.2) is 0 Å². The highest BCUT2D eigenvalue weighted by Gasteiger charge is 2.44. The Hall–Kier alpha value is -0.760. The molecule has 0 heterocycles. The zero-order chi connectivity index (χ0) is 7.84. The minimum absolute atomic E-state index is 0.0394. The molecule has 2 heteroatoms. The fourth-order valence-electron chi connectivity index (χ4n) is 2.04. The molecule has 2 rings (SSSR count). The maximum absolute atomic E-state index is 9.59. The summed E-state index contributed by atoms with van der Waals surface area (Å²) >= 11 is 0. The average molecular weight is 152 g/mol. The van der Waals surface area contributed by atoms with Gasteiger partial charge in [-0.05, 0) is 6.42 Å². The van der Waals surface area contributed by atoms with Crippen LogP contribution in [-0.4, -0.2) is 17.3 Å². The van der Waals surface area contributed by atoms with Crippen LogP contribution < -0.4 is 0 Å². The topological polar surface area (TPSA) is 29.5 Å². The normalized spacial score (nSPS) is 46.3. The summed E-state index contributed by atoms with van der Waals surface area (Å²) in [5.41, 5.74) is 0. The molecule has 0 aliphatic heterocycles. The molecule has 2 aliphatic rings. The molecule has 3 unspecified atom stereocenters. The fourth-order valence-corrected chi connectivity index (χ4v) is 2.04. The van der Waals surface area contributed by atoms with Crippen LogP contribution in [0.25, 0.3) is 0 Å². The minimum atomic E-state index is -0.317. The Morgan fingerprint density at radius 2 is 2.18 bits per heavy atom. The van der Waals surface area contributed by atoms with Crippen LogP contribution in [0.2, 0.25) is 0 Å². The molecule has 2 nitrogen and oxygen atoms in total. The summed E-state index contributed by atoms with van der Waals surface area (Å²) in [5.74, 6) is 0.734. The summed E-state index contributed by atoms with van der Waals surface area (Å²) in [7, 11) is 0. The van der Waals surface area contributed by atoms with E-state index in [0.29, 0.717) is 11.8 Å². The van der Waals surface area contributed by atoms with Crippen LogP contribution in [0.1, 0.15) is 6.42 Å². The van der Waals surface area contributed by atoms with E-state index < -0.39 is 0 Å². The molecule has 0 aromatic carbocycles. The van der Waals surface area contributed by atoms with Gasteiger partial charge in [0.25, 0.3) is 0 Å². The van der Waals surface area contributed by atoms with Gasteiger partial charge in [0.05, 0.1) is 12.4 Å². The van der Waals surface area contributed by atoms with E-state index in [1.807, 2.05) is 0 Å². The van der Waals surface area contributed by atoms with Gasteiger partial charge in [-0.3, -0.25) is 0 Å². The van der Waals surface area contributed by atoms with Crippen molar-refractivity contribution in [3.63, 3.8) is 0 Å². The van der Waals surface area contributed by atoms with Crippen molar-refractivity contribution in [3.05, 3.63) is 25.0 Å². The van der Waals surface area contributed by atoms with Gasteiger partial charge in [0, 0.05) is 11.8 Å². The molecule has 1 saturated carbocycles. The van der Waals surface area contributed by atoms with Crippen LogP contribution in [0.5, 0.6) is 0 Å². The Balaban J connectivity index is 2.11. The summed E-state index contributed by atoms with van der Waals surface area (Å²) in [5, 5.41) is 9.59. The molecular formula is C9H12O2. The Labute approximate surface area is 66.2 Å². The van der Waals surface area contributed by atoms with E-state index in [2.05, 4.69) is 18.7 Å². The van der Waals surface area contributed by atoms with E-state index in [9.17, 15) is 5.11 Å². The summed E-state index contributed by atoms with van der Waals surface area (Å²) < 4.78 is 5.21. The first-order chi connectivity index (χ1) is 5.33. The van der Waals surface area contributed by atoms with Crippen molar-refractivity contribution >= 4 is 0 Å². The molecule has 0 amide bonds. The van der Waals surface area contributed by atoms with Crippen molar-refractivity contribution in [1.82, 2.24) is 0 Å². The molecule has 2 bridgehead atoms. The Morgan fingerprint density at radius 1 is 1.45 bits per heavy atom. The fraction of sp³-hybridized carbons (Fsp3) is 0.556. The van der Waals surface area contributed by atoms with E-state index >= 15 is 0 Å². The Kier molecular flexibility index (Phi) is 1.50. The highest BCUT2D eigenvalue weighted by atomic mass is 16.5. The van der Waals surface area contributed by atoms with Crippen molar-refractivity contribution in [2.24, 2.45) is 11.8 Å². The molecule has 0 radical (unpaired) electrons. The molecule has 0 aromatic rings. The number of rotatable bonds is 2.